The standard InChI is InChI=1S/C16H16INO2/c17-15-6-5-12(13-3-1-2-4-14(13)15)11-16(19)18-7-9-20-10-8-18/h1-6H,7-11H2. The molecule has 0 aliphatic carbocycles. The van der Waals surface area contributed by atoms with Crippen LogP contribution < -0.4 is 0 Å². The number of hydrogen-bond donors (Lipinski definition) is 0. The van der Waals surface area contributed by atoms with Crippen LogP contribution in [-0.4, -0.2) is 37.1 Å². The van der Waals surface area contributed by atoms with Crippen LogP contribution in [0.5, 0.6) is 0 Å². The van der Waals surface area contributed by atoms with Crippen LogP contribution in [0.1, 0.15) is 5.56 Å². The molecule has 1 saturated heterocycles. The van der Waals surface area contributed by atoms with Crippen LogP contribution in [0, 0.1) is 3.57 Å². The monoisotopic (exact) mass is 381 g/mol. The second-order valence-electron chi connectivity index (χ2n) is 4.92. The van der Waals surface area contributed by atoms with Gasteiger partial charge < -0.3 is 9.64 Å². The molecule has 20 heavy (non-hydrogen) atoms. The van der Waals surface area contributed by atoms with Gasteiger partial charge in [-0.2, -0.15) is 0 Å². The Labute approximate surface area is 132 Å². The van der Waals surface area contributed by atoms with Crippen molar-refractivity contribution in [3.63, 3.8) is 0 Å². The summed E-state index contributed by atoms with van der Waals surface area (Å²) >= 11 is 2.34. The van der Waals surface area contributed by atoms with E-state index in [9.17, 15) is 4.79 Å². The van der Waals surface area contributed by atoms with Crippen molar-refractivity contribution in [3.8, 4) is 0 Å². The molecule has 104 valence electrons. The summed E-state index contributed by atoms with van der Waals surface area (Å²) in [6.45, 7) is 2.72. The predicted octanol–water partition coefficient (Wildman–Crippen LogP) is 2.85. The number of rotatable bonds is 2. The first kappa shape index (κ1) is 13.8. The quantitative estimate of drug-likeness (QED) is 0.749. The van der Waals surface area contributed by atoms with Gasteiger partial charge in [0.05, 0.1) is 19.6 Å². The molecule has 0 radical (unpaired) electrons. The molecule has 4 heteroatoms. The molecule has 1 heterocycles. The van der Waals surface area contributed by atoms with Crippen molar-refractivity contribution < 1.29 is 9.53 Å². The lowest BCUT2D eigenvalue weighted by Crippen LogP contribution is -2.41. The van der Waals surface area contributed by atoms with Crippen molar-refractivity contribution in [2.75, 3.05) is 26.3 Å². The van der Waals surface area contributed by atoms with E-state index in [-0.39, 0.29) is 5.91 Å². The highest BCUT2D eigenvalue weighted by Gasteiger charge is 2.18. The molecule has 0 atom stereocenters. The van der Waals surface area contributed by atoms with Gasteiger partial charge in [-0.15, -0.1) is 0 Å². The van der Waals surface area contributed by atoms with Crippen LogP contribution in [0.4, 0.5) is 0 Å². The predicted molar refractivity (Wildman–Crippen MR) is 87.8 cm³/mol. The number of nitrogens with zero attached hydrogens (tertiary/aromatic N) is 1. The Morgan fingerprint density at radius 1 is 1.10 bits per heavy atom. The highest BCUT2D eigenvalue weighted by Crippen LogP contribution is 2.24. The van der Waals surface area contributed by atoms with E-state index >= 15 is 0 Å². The zero-order valence-corrected chi connectivity index (χ0v) is 13.3. The summed E-state index contributed by atoms with van der Waals surface area (Å²) < 4.78 is 6.51. The molecule has 0 unspecified atom stereocenters. The molecule has 2 aromatic rings. The Bertz CT molecular complexity index is 635. The van der Waals surface area contributed by atoms with Crippen LogP contribution in [0.25, 0.3) is 10.8 Å². The number of ether oxygens (including phenoxy) is 1. The molecule has 0 saturated carbocycles. The van der Waals surface area contributed by atoms with Crippen LogP contribution in [0.15, 0.2) is 36.4 Å². The van der Waals surface area contributed by atoms with Gasteiger partial charge in [-0.3, -0.25) is 4.79 Å². The lowest BCUT2D eigenvalue weighted by Gasteiger charge is -2.27. The highest BCUT2D eigenvalue weighted by molar-refractivity contribution is 14.1. The number of fused-ring (bicyclic) bond motifs is 1. The lowest BCUT2D eigenvalue weighted by atomic mass is 10.0. The lowest BCUT2D eigenvalue weighted by molar-refractivity contribution is -0.134. The zero-order chi connectivity index (χ0) is 13.9. The molecule has 0 bridgehead atoms. The largest absolute Gasteiger partial charge is 0.378 e. The molecule has 0 spiro atoms. The SMILES string of the molecule is O=C(Cc1ccc(I)c2ccccc12)N1CCOCC1. The van der Waals surface area contributed by atoms with Crippen LogP contribution >= 0.6 is 22.6 Å². The van der Waals surface area contributed by atoms with Crippen LogP contribution in [0.2, 0.25) is 0 Å². The van der Waals surface area contributed by atoms with Crippen molar-refractivity contribution in [2.45, 2.75) is 6.42 Å². The van der Waals surface area contributed by atoms with E-state index in [2.05, 4.69) is 46.9 Å². The summed E-state index contributed by atoms with van der Waals surface area (Å²) in [5.41, 5.74) is 1.11. The maximum absolute atomic E-state index is 12.4. The third kappa shape index (κ3) is 2.81. The number of halogens is 1. The van der Waals surface area contributed by atoms with Gasteiger partial charge in [-0.1, -0.05) is 30.3 Å². The number of carbonyl (C=O) groups excluding carboxylic acids is 1. The molecular weight excluding hydrogens is 365 g/mol. The first-order valence-corrected chi connectivity index (χ1v) is 7.85. The Hall–Kier alpha value is -1.14. The molecule has 1 aliphatic rings. The van der Waals surface area contributed by atoms with Gasteiger partial charge in [0.15, 0.2) is 0 Å². The van der Waals surface area contributed by atoms with Crippen molar-refractivity contribution in [1.29, 1.82) is 0 Å². The van der Waals surface area contributed by atoms with Gasteiger partial charge in [0, 0.05) is 16.7 Å². The minimum absolute atomic E-state index is 0.194. The summed E-state index contributed by atoms with van der Waals surface area (Å²) in [5.74, 6) is 0.194. The van der Waals surface area contributed by atoms with Gasteiger partial charge in [-0.05, 0) is 45.0 Å². The second kappa shape index (κ2) is 6.10. The Balaban J connectivity index is 1.87. The van der Waals surface area contributed by atoms with Crippen molar-refractivity contribution >= 4 is 39.3 Å². The van der Waals surface area contributed by atoms with Crippen molar-refractivity contribution in [1.82, 2.24) is 4.90 Å². The average molecular weight is 381 g/mol. The molecule has 3 rings (SSSR count). The number of hydrogen-bond acceptors (Lipinski definition) is 2. The zero-order valence-electron chi connectivity index (χ0n) is 11.1. The molecule has 1 aliphatic heterocycles. The number of amides is 1. The number of morpholine rings is 1. The van der Waals surface area contributed by atoms with E-state index in [1.165, 1.54) is 14.3 Å². The van der Waals surface area contributed by atoms with Crippen LogP contribution in [-0.2, 0) is 16.0 Å². The van der Waals surface area contributed by atoms with Gasteiger partial charge in [0.1, 0.15) is 0 Å². The summed E-state index contributed by atoms with van der Waals surface area (Å²) in [4.78, 5) is 14.3. The maximum Gasteiger partial charge on any atom is 0.227 e. The minimum Gasteiger partial charge on any atom is -0.378 e. The molecule has 1 fully saturated rings. The van der Waals surface area contributed by atoms with Gasteiger partial charge in [0.25, 0.3) is 0 Å². The van der Waals surface area contributed by atoms with E-state index in [1.54, 1.807) is 0 Å². The summed E-state index contributed by atoms with van der Waals surface area (Å²) in [6.07, 6.45) is 0.470. The number of carbonyl (C=O) groups is 1. The Morgan fingerprint density at radius 3 is 2.55 bits per heavy atom. The minimum atomic E-state index is 0.194. The van der Waals surface area contributed by atoms with E-state index in [0.717, 1.165) is 5.56 Å². The fraction of sp³-hybridized carbons (Fsp3) is 0.312. The second-order valence-corrected chi connectivity index (χ2v) is 6.08. The molecule has 3 nitrogen and oxygen atoms in total. The van der Waals surface area contributed by atoms with Crippen molar-refractivity contribution in [3.05, 3.63) is 45.5 Å². The highest BCUT2D eigenvalue weighted by atomic mass is 127. The van der Waals surface area contributed by atoms with Crippen molar-refractivity contribution in [2.24, 2.45) is 0 Å². The topological polar surface area (TPSA) is 29.5 Å². The van der Waals surface area contributed by atoms with Gasteiger partial charge >= 0.3 is 0 Å². The third-order valence-corrected chi connectivity index (χ3v) is 4.61. The molecule has 0 N–H and O–H groups in total. The van der Waals surface area contributed by atoms with E-state index in [0.29, 0.717) is 32.7 Å². The summed E-state index contributed by atoms with van der Waals surface area (Å²) in [5, 5.41) is 2.40. The van der Waals surface area contributed by atoms with E-state index in [1.807, 2.05) is 17.0 Å². The van der Waals surface area contributed by atoms with Crippen LogP contribution in [0.3, 0.4) is 0 Å². The summed E-state index contributed by atoms with van der Waals surface area (Å²) in [6, 6.07) is 12.4. The molecule has 1 amide bonds. The third-order valence-electron chi connectivity index (χ3n) is 3.67. The smallest absolute Gasteiger partial charge is 0.227 e. The summed E-state index contributed by atoms with van der Waals surface area (Å²) in [7, 11) is 0. The maximum atomic E-state index is 12.4. The molecular formula is C16H16INO2. The van der Waals surface area contributed by atoms with E-state index in [4.69, 9.17) is 4.74 Å². The molecule has 2 aromatic carbocycles. The fourth-order valence-electron chi connectivity index (χ4n) is 2.57. The van der Waals surface area contributed by atoms with Gasteiger partial charge in [-0.25, -0.2) is 0 Å². The Kier molecular flexibility index (Phi) is 4.21. The Morgan fingerprint density at radius 2 is 1.80 bits per heavy atom. The number of benzene rings is 2. The van der Waals surface area contributed by atoms with E-state index < -0.39 is 0 Å². The molecule has 0 aromatic heterocycles. The fourth-order valence-corrected chi connectivity index (χ4v) is 3.22. The average Bonchev–Trinajstić information content (AvgIpc) is 2.51. The first-order chi connectivity index (χ1) is 9.75. The van der Waals surface area contributed by atoms with Gasteiger partial charge in [0.2, 0.25) is 5.91 Å². The first-order valence-electron chi connectivity index (χ1n) is 6.77. The normalized spacial score (nSPS) is 15.6.